The third kappa shape index (κ3) is 16.9. The van der Waals surface area contributed by atoms with Gasteiger partial charge in [-0.25, -0.2) is 0 Å². The lowest BCUT2D eigenvalue weighted by Crippen LogP contribution is -2.23. The summed E-state index contributed by atoms with van der Waals surface area (Å²) in [6.45, 7) is 2.90. The van der Waals surface area contributed by atoms with Crippen LogP contribution < -0.4 is 5.32 Å². The van der Waals surface area contributed by atoms with Crippen molar-refractivity contribution in [3.63, 3.8) is 0 Å². The van der Waals surface area contributed by atoms with Gasteiger partial charge in [-0.2, -0.15) is 0 Å². The van der Waals surface area contributed by atoms with Crippen LogP contribution in [0.5, 0.6) is 0 Å². The highest BCUT2D eigenvalue weighted by molar-refractivity contribution is 5.75. The zero-order chi connectivity index (χ0) is 15.8. The summed E-state index contributed by atoms with van der Waals surface area (Å²) >= 11 is 0. The molecule has 0 aromatic carbocycles. The minimum absolute atomic E-state index is 0.138. The first-order valence-corrected chi connectivity index (χ1v) is 8.65. The fourth-order valence-electron chi connectivity index (χ4n) is 2.31. The van der Waals surface area contributed by atoms with Crippen LogP contribution in [-0.4, -0.2) is 23.5 Å². The van der Waals surface area contributed by atoms with Gasteiger partial charge in [-0.3, -0.25) is 9.59 Å². The van der Waals surface area contributed by atoms with E-state index in [4.69, 9.17) is 5.11 Å². The zero-order valence-electron chi connectivity index (χ0n) is 13.7. The molecule has 0 atom stereocenters. The summed E-state index contributed by atoms with van der Waals surface area (Å²) in [6.07, 6.45) is 13.3. The molecule has 0 heterocycles. The number of carbonyl (C=O) groups is 2. The molecule has 4 heteroatoms. The van der Waals surface area contributed by atoms with Crippen LogP contribution in [0.3, 0.4) is 0 Å². The van der Waals surface area contributed by atoms with Crippen molar-refractivity contribution in [3.8, 4) is 0 Å². The monoisotopic (exact) mass is 299 g/mol. The first-order valence-electron chi connectivity index (χ1n) is 8.65. The molecule has 0 fully saturated rings. The van der Waals surface area contributed by atoms with Gasteiger partial charge in [-0.1, -0.05) is 58.3 Å². The maximum atomic E-state index is 11.6. The van der Waals surface area contributed by atoms with E-state index >= 15 is 0 Å². The van der Waals surface area contributed by atoms with Crippen molar-refractivity contribution >= 4 is 11.9 Å². The van der Waals surface area contributed by atoms with Gasteiger partial charge in [0.2, 0.25) is 5.91 Å². The van der Waals surface area contributed by atoms with Gasteiger partial charge in [0.1, 0.15) is 0 Å². The maximum Gasteiger partial charge on any atom is 0.303 e. The first-order chi connectivity index (χ1) is 10.2. The van der Waals surface area contributed by atoms with Crippen molar-refractivity contribution in [2.75, 3.05) is 6.54 Å². The lowest BCUT2D eigenvalue weighted by molar-refractivity contribution is -0.137. The third-order valence-electron chi connectivity index (χ3n) is 3.65. The lowest BCUT2D eigenvalue weighted by atomic mass is 10.1. The molecule has 0 aromatic heterocycles. The molecule has 0 spiro atoms. The fourth-order valence-corrected chi connectivity index (χ4v) is 2.31. The van der Waals surface area contributed by atoms with Crippen molar-refractivity contribution in [2.24, 2.45) is 0 Å². The summed E-state index contributed by atoms with van der Waals surface area (Å²) in [6, 6.07) is 0. The van der Waals surface area contributed by atoms with Gasteiger partial charge >= 0.3 is 5.97 Å². The number of hydrogen-bond donors (Lipinski definition) is 2. The molecule has 0 radical (unpaired) electrons. The van der Waals surface area contributed by atoms with Crippen LogP contribution in [0.4, 0.5) is 0 Å². The van der Waals surface area contributed by atoms with E-state index in [1.54, 1.807) is 0 Å². The molecule has 0 aliphatic heterocycles. The molecule has 0 saturated carbocycles. The molecule has 0 aliphatic carbocycles. The average Bonchev–Trinajstić information content (AvgIpc) is 2.45. The third-order valence-corrected chi connectivity index (χ3v) is 3.65. The summed E-state index contributed by atoms with van der Waals surface area (Å²) in [5, 5.41) is 11.4. The topological polar surface area (TPSA) is 66.4 Å². The van der Waals surface area contributed by atoms with E-state index in [-0.39, 0.29) is 12.3 Å². The van der Waals surface area contributed by atoms with E-state index in [9.17, 15) is 9.59 Å². The second-order valence-electron chi connectivity index (χ2n) is 5.78. The fraction of sp³-hybridized carbons (Fsp3) is 0.882. The number of carboxylic acid groups (broad SMARTS) is 1. The minimum Gasteiger partial charge on any atom is -0.481 e. The average molecular weight is 299 g/mol. The summed E-state index contributed by atoms with van der Waals surface area (Å²) < 4.78 is 0. The molecule has 0 unspecified atom stereocenters. The van der Waals surface area contributed by atoms with E-state index in [1.807, 2.05) is 0 Å². The van der Waals surface area contributed by atoms with Crippen LogP contribution in [0.25, 0.3) is 0 Å². The molecular formula is C17H33NO3. The van der Waals surface area contributed by atoms with Gasteiger partial charge in [0.15, 0.2) is 0 Å². The highest BCUT2D eigenvalue weighted by Crippen LogP contribution is 2.09. The van der Waals surface area contributed by atoms with E-state index in [0.717, 1.165) is 25.7 Å². The Balaban J connectivity index is 3.18. The van der Waals surface area contributed by atoms with Gasteiger partial charge in [0.05, 0.1) is 0 Å². The van der Waals surface area contributed by atoms with Crippen LogP contribution in [-0.2, 0) is 9.59 Å². The Hall–Kier alpha value is -1.06. The number of carbonyl (C=O) groups excluding carboxylic acids is 1. The molecular weight excluding hydrogens is 266 g/mol. The van der Waals surface area contributed by atoms with Crippen LogP contribution in [0.2, 0.25) is 0 Å². The SMILES string of the molecule is CCCCCCCCCCC(=O)NCCCCCC(=O)O. The van der Waals surface area contributed by atoms with Gasteiger partial charge in [0, 0.05) is 19.4 Å². The highest BCUT2D eigenvalue weighted by atomic mass is 16.4. The van der Waals surface area contributed by atoms with Crippen LogP contribution >= 0.6 is 0 Å². The molecule has 124 valence electrons. The molecule has 1 amide bonds. The summed E-state index contributed by atoms with van der Waals surface area (Å²) in [7, 11) is 0. The van der Waals surface area contributed by atoms with Crippen molar-refractivity contribution in [1.82, 2.24) is 5.32 Å². The number of nitrogens with one attached hydrogen (secondary N) is 1. The molecule has 4 nitrogen and oxygen atoms in total. The van der Waals surface area contributed by atoms with Crippen LogP contribution in [0.1, 0.15) is 90.4 Å². The van der Waals surface area contributed by atoms with Crippen molar-refractivity contribution in [3.05, 3.63) is 0 Å². The Labute approximate surface area is 129 Å². The molecule has 0 saturated heterocycles. The molecule has 21 heavy (non-hydrogen) atoms. The predicted octanol–water partition coefficient (Wildman–Crippen LogP) is 4.28. The largest absolute Gasteiger partial charge is 0.481 e. The number of hydrogen-bond acceptors (Lipinski definition) is 2. The number of carboxylic acids is 1. The van der Waals surface area contributed by atoms with Gasteiger partial charge < -0.3 is 10.4 Å². The Morgan fingerprint density at radius 2 is 1.29 bits per heavy atom. The van der Waals surface area contributed by atoms with Crippen molar-refractivity contribution < 1.29 is 14.7 Å². The van der Waals surface area contributed by atoms with E-state index in [1.165, 1.54) is 38.5 Å². The smallest absolute Gasteiger partial charge is 0.303 e. The van der Waals surface area contributed by atoms with E-state index in [2.05, 4.69) is 12.2 Å². The number of rotatable bonds is 15. The van der Waals surface area contributed by atoms with Crippen molar-refractivity contribution in [2.45, 2.75) is 90.4 Å². The van der Waals surface area contributed by atoms with Gasteiger partial charge in [-0.05, 0) is 19.3 Å². The van der Waals surface area contributed by atoms with Crippen molar-refractivity contribution in [1.29, 1.82) is 0 Å². The van der Waals surface area contributed by atoms with E-state index < -0.39 is 5.97 Å². The second-order valence-corrected chi connectivity index (χ2v) is 5.78. The highest BCUT2D eigenvalue weighted by Gasteiger charge is 2.01. The van der Waals surface area contributed by atoms with Gasteiger partial charge in [-0.15, -0.1) is 0 Å². The predicted molar refractivity (Wildman–Crippen MR) is 86.3 cm³/mol. The lowest BCUT2D eigenvalue weighted by Gasteiger charge is -2.05. The normalized spacial score (nSPS) is 10.5. The second kappa shape index (κ2) is 15.3. The molecule has 2 N–H and O–H groups in total. The Kier molecular flexibility index (Phi) is 14.6. The zero-order valence-corrected chi connectivity index (χ0v) is 13.7. The molecule has 0 rings (SSSR count). The van der Waals surface area contributed by atoms with E-state index in [0.29, 0.717) is 19.4 Å². The number of aliphatic carboxylic acids is 1. The Morgan fingerprint density at radius 1 is 0.762 bits per heavy atom. The summed E-state index contributed by atoms with van der Waals surface area (Å²) in [5.74, 6) is -0.604. The summed E-state index contributed by atoms with van der Waals surface area (Å²) in [5.41, 5.74) is 0. The Bertz CT molecular complexity index is 267. The Morgan fingerprint density at radius 3 is 1.90 bits per heavy atom. The summed E-state index contributed by atoms with van der Waals surface area (Å²) in [4.78, 5) is 21.9. The first kappa shape index (κ1) is 19.9. The maximum absolute atomic E-state index is 11.6. The molecule has 0 aliphatic rings. The van der Waals surface area contributed by atoms with Gasteiger partial charge in [0.25, 0.3) is 0 Å². The van der Waals surface area contributed by atoms with Crippen LogP contribution in [0, 0.1) is 0 Å². The molecule has 0 bridgehead atoms. The van der Waals surface area contributed by atoms with Crippen LogP contribution in [0.15, 0.2) is 0 Å². The number of unbranched alkanes of at least 4 members (excludes halogenated alkanes) is 9. The standard InChI is InChI=1S/C17H33NO3/c1-2-3-4-5-6-7-8-10-13-16(19)18-15-12-9-11-14-17(20)21/h2-15H2,1H3,(H,18,19)(H,20,21). The quantitative estimate of drug-likeness (QED) is 0.444. The number of amides is 1. The molecule has 0 aromatic rings. The minimum atomic E-state index is -0.742.